The summed E-state index contributed by atoms with van der Waals surface area (Å²) >= 11 is 0. The van der Waals surface area contributed by atoms with Crippen LogP contribution in [0.2, 0.25) is 0 Å². The number of para-hydroxylation sites is 1. The Bertz CT molecular complexity index is 1050. The first kappa shape index (κ1) is 20.8. The van der Waals surface area contributed by atoms with Gasteiger partial charge in [0.2, 0.25) is 11.9 Å². The maximum absolute atomic E-state index is 4.46. The molecule has 11 nitrogen and oxygen atoms in total. The van der Waals surface area contributed by atoms with E-state index < -0.39 is 0 Å². The van der Waals surface area contributed by atoms with Crippen molar-refractivity contribution in [1.82, 2.24) is 35.1 Å². The fraction of sp³-hybridized carbons (Fsp3) is 0.316. The highest BCUT2D eigenvalue weighted by molar-refractivity contribution is 5.95. The largest absolute Gasteiger partial charge is 0.323 e. The zero-order valence-corrected chi connectivity index (χ0v) is 17.9. The number of aromatic nitrogens is 6. The number of hydrogen-bond acceptors (Lipinski definition) is 8. The third kappa shape index (κ3) is 5.56. The second-order valence-corrected chi connectivity index (χ2v) is 6.61. The summed E-state index contributed by atoms with van der Waals surface area (Å²) < 4.78 is 1.59. The second-order valence-electron chi connectivity index (χ2n) is 6.61. The number of hydrazine groups is 1. The first-order chi connectivity index (χ1) is 14.3. The van der Waals surface area contributed by atoms with Crippen molar-refractivity contribution in [2.24, 2.45) is 17.0 Å². The van der Waals surface area contributed by atoms with Crippen molar-refractivity contribution >= 4 is 35.2 Å². The molecule has 3 aromatic rings. The van der Waals surface area contributed by atoms with Gasteiger partial charge in [-0.1, -0.05) is 18.2 Å². The molecule has 3 rings (SSSR count). The highest BCUT2D eigenvalue weighted by atomic mass is 15.5. The molecule has 0 spiro atoms. The summed E-state index contributed by atoms with van der Waals surface area (Å²) in [6.07, 6.45) is 0. The molecule has 0 aliphatic carbocycles. The van der Waals surface area contributed by atoms with Gasteiger partial charge in [0.05, 0.1) is 0 Å². The topological polar surface area (TPSA) is 121 Å². The Kier molecular flexibility index (Phi) is 6.30. The van der Waals surface area contributed by atoms with Crippen LogP contribution in [0.5, 0.6) is 0 Å². The van der Waals surface area contributed by atoms with Crippen molar-refractivity contribution in [3.05, 3.63) is 42.0 Å². The number of aliphatic imine (C=N–C) groups is 2. The van der Waals surface area contributed by atoms with Gasteiger partial charge in [0.1, 0.15) is 23.3 Å². The minimum absolute atomic E-state index is 0.444. The highest BCUT2D eigenvalue weighted by Gasteiger charge is 2.09. The standard InChI is InChI=1S/C19H25N11/c1-12-20-13(2)23-18(22-12)29(5)27-15(4)21-14(3)24-19-26-17(28-30(19)6)25-16-10-8-7-9-11-16/h7-11H,1-6H3,(H2,21,24,25,26,27,28). The number of rotatable bonds is 5. The molecule has 0 bridgehead atoms. The molecule has 1 aromatic carbocycles. The molecule has 0 fully saturated rings. The molecule has 0 aliphatic rings. The summed E-state index contributed by atoms with van der Waals surface area (Å²) in [6.45, 7) is 7.27. The zero-order chi connectivity index (χ0) is 21.7. The van der Waals surface area contributed by atoms with E-state index in [1.165, 1.54) is 0 Å². The van der Waals surface area contributed by atoms with Crippen molar-refractivity contribution in [1.29, 1.82) is 0 Å². The van der Waals surface area contributed by atoms with Crippen molar-refractivity contribution < 1.29 is 0 Å². The molecule has 0 radical (unpaired) electrons. The molecule has 0 saturated carbocycles. The first-order valence-electron chi connectivity index (χ1n) is 9.33. The molecule has 0 aliphatic heterocycles. The van der Waals surface area contributed by atoms with Gasteiger partial charge in [0.25, 0.3) is 5.95 Å². The van der Waals surface area contributed by atoms with Crippen LogP contribution in [0.25, 0.3) is 0 Å². The molecule has 0 unspecified atom stereocenters. The quantitative estimate of drug-likeness (QED) is 0.376. The number of aryl methyl sites for hydroxylation is 3. The van der Waals surface area contributed by atoms with E-state index >= 15 is 0 Å². The average Bonchev–Trinajstić information content (AvgIpc) is 3.00. The molecule has 156 valence electrons. The Morgan fingerprint density at radius 1 is 1.00 bits per heavy atom. The molecule has 0 saturated heterocycles. The van der Waals surface area contributed by atoms with Crippen LogP contribution in [-0.4, -0.2) is 48.4 Å². The molecule has 2 heterocycles. The third-order valence-corrected chi connectivity index (χ3v) is 3.84. The number of anilines is 3. The summed E-state index contributed by atoms with van der Waals surface area (Å²) in [4.78, 5) is 26.1. The monoisotopic (exact) mass is 407 g/mol. The number of benzene rings is 1. The third-order valence-electron chi connectivity index (χ3n) is 3.84. The number of hydrogen-bond donors (Lipinski definition) is 2. The van der Waals surface area contributed by atoms with E-state index in [-0.39, 0.29) is 0 Å². The van der Waals surface area contributed by atoms with Crippen molar-refractivity contribution in [3.8, 4) is 0 Å². The first-order valence-corrected chi connectivity index (χ1v) is 9.33. The zero-order valence-electron chi connectivity index (χ0n) is 17.9. The number of amidine groups is 2. The van der Waals surface area contributed by atoms with Gasteiger partial charge in [-0.3, -0.25) is 10.4 Å². The smallest absolute Gasteiger partial charge is 0.251 e. The molecular weight excluding hydrogens is 382 g/mol. The van der Waals surface area contributed by atoms with E-state index in [1.807, 2.05) is 58.2 Å². The van der Waals surface area contributed by atoms with Gasteiger partial charge in [0, 0.05) is 19.8 Å². The van der Waals surface area contributed by atoms with E-state index in [0.29, 0.717) is 41.2 Å². The lowest BCUT2D eigenvalue weighted by molar-refractivity contribution is 0.771. The summed E-state index contributed by atoms with van der Waals surface area (Å²) in [7, 11) is 3.59. The molecule has 2 N–H and O–H groups in total. The van der Waals surface area contributed by atoms with E-state index in [9.17, 15) is 0 Å². The molecule has 2 aromatic heterocycles. The van der Waals surface area contributed by atoms with Crippen molar-refractivity contribution in [3.63, 3.8) is 0 Å². The van der Waals surface area contributed by atoms with E-state index in [2.05, 4.69) is 45.8 Å². The SMILES string of the molecule is CC(=N/C(C)=N/c1nc(Nc2ccccc2)nn1C)NN(C)c1nc(C)nc(C)n1. The van der Waals surface area contributed by atoms with Crippen molar-refractivity contribution in [2.45, 2.75) is 27.7 Å². The van der Waals surface area contributed by atoms with Gasteiger partial charge >= 0.3 is 0 Å². The Labute approximate surface area is 175 Å². The maximum atomic E-state index is 4.46. The normalized spacial score (nSPS) is 12.1. The predicted molar refractivity (Wildman–Crippen MR) is 117 cm³/mol. The minimum Gasteiger partial charge on any atom is -0.323 e. The molecule has 30 heavy (non-hydrogen) atoms. The van der Waals surface area contributed by atoms with Crippen LogP contribution in [0.4, 0.5) is 23.5 Å². The van der Waals surface area contributed by atoms with Gasteiger partial charge in [-0.2, -0.15) is 19.9 Å². The van der Waals surface area contributed by atoms with Crippen molar-refractivity contribution in [2.75, 3.05) is 17.4 Å². The minimum atomic E-state index is 0.444. The summed E-state index contributed by atoms with van der Waals surface area (Å²) in [5.74, 6) is 3.88. The maximum Gasteiger partial charge on any atom is 0.251 e. The van der Waals surface area contributed by atoms with Crippen LogP contribution in [0.3, 0.4) is 0 Å². The second kappa shape index (κ2) is 9.07. The van der Waals surface area contributed by atoms with Gasteiger partial charge in [-0.05, 0) is 39.8 Å². The summed E-state index contributed by atoms with van der Waals surface area (Å²) in [6, 6.07) is 9.71. The lowest BCUT2D eigenvalue weighted by Gasteiger charge is -2.19. The number of nitrogens with one attached hydrogen (secondary N) is 2. The highest BCUT2D eigenvalue weighted by Crippen LogP contribution is 2.16. The molecule has 11 heteroatoms. The Morgan fingerprint density at radius 3 is 2.33 bits per heavy atom. The predicted octanol–water partition coefficient (Wildman–Crippen LogP) is 2.47. The van der Waals surface area contributed by atoms with Crippen LogP contribution in [0.1, 0.15) is 25.5 Å². The molecule has 0 atom stereocenters. The van der Waals surface area contributed by atoms with Crippen LogP contribution in [0.15, 0.2) is 40.3 Å². The number of nitrogens with zero attached hydrogens (tertiary/aromatic N) is 9. The van der Waals surface area contributed by atoms with Gasteiger partial charge in [-0.25, -0.2) is 14.7 Å². The van der Waals surface area contributed by atoms with Crippen LogP contribution >= 0.6 is 0 Å². The van der Waals surface area contributed by atoms with E-state index in [0.717, 1.165) is 5.69 Å². The van der Waals surface area contributed by atoms with Gasteiger partial charge < -0.3 is 5.32 Å². The Morgan fingerprint density at radius 2 is 1.67 bits per heavy atom. The lowest BCUT2D eigenvalue weighted by Crippen LogP contribution is -2.39. The lowest BCUT2D eigenvalue weighted by atomic mass is 10.3. The molecule has 0 amide bonds. The van der Waals surface area contributed by atoms with Gasteiger partial charge in [-0.15, -0.1) is 5.10 Å². The Hall–Kier alpha value is -3.89. The average molecular weight is 407 g/mol. The van der Waals surface area contributed by atoms with E-state index in [4.69, 9.17) is 0 Å². The Balaban J connectivity index is 1.69. The summed E-state index contributed by atoms with van der Waals surface area (Å²) in [5.41, 5.74) is 4.02. The van der Waals surface area contributed by atoms with Crippen LogP contribution in [-0.2, 0) is 7.05 Å². The molecular formula is C19H25N11. The van der Waals surface area contributed by atoms with Crippen LogP contribution < -0.4 is 15.8 Å². The van der Waals surface area contributed by atoms with Crippen LogP contribution in [0, 0.1) is 13.8 Å². The van der Waals surface area contributed by atoms with Gasteiger partial charge in [0.15, 0.2) is 0 Å². The van der Waals surface area contributed by atoms with E-state index in [1.54, 1.807) is 23.7 Å². The fourth-order valence-corrected chi connectivity index (χ4v) is 2.66. The summed E-state index contributed by atoms with van der Waals surface area (Å²) in [5, 5.41) is 9.16. The fourth-order valence-electron chi connectivity index (χ4n) is 2.66.